The maximum absolute atomic E-state index is 4.38. The average molecular weight is 200 g/mol. The summed E-state index contributed by atoms with van der Waals surface area (Å²) in [6.07, 6.45) is 5.00. The van der Waals surface area contributed by atoms with Gasteiger partial charge < -0.3 is 5.32 Å². The Morgan fingerprint density at radius 1 is 1.27 bits per heavy atom. The number of nitrogens with zero attached hydrogens (tertiary/aromatic N) is 3. The first-order valence-electron chi connectivity index (χ1n) is 4.77. The van der Waals surface area contributed by atoms with E-state index in [4.69, 9.17) is 0 Å². The predicted octanol–water partition coefficient (Wildman–Crippen LogP) is 1.79. The molecule has 0 fully saturated rings. The number of pyridine rings is 1. The molecular weight excluding hydrogens is 188 g/mol. The average Bonchev–Trinajstić information content (AvgIpc) is 2.28. The summed E-state index contributed by atoms with van der Waals surface area (Å²) in [5.41, 5.74) is 2.02. The summed E-state index contributed by atoms with van der Waals surface area (Å²) in [5, 5.41) is 3.15. The second kappa shape index (κ2) is 4.50. The number of hydrogen-bond acceptors (Lipinski definition) is 4. The monoisotopic (exact) mass is 200 g/mol. The van der Waals surface area contributed by atoms with Gasteiger partial charge in [0.25, 0.3) is 0 Å². The maximum Gasteiger partial charge on any atom is 0.144 e. The van der Waals surface area contributed by atoms with E-state index in [-0.39, 0.29) is 0 Å². The van der Waals surface area contributed by atoms with Crippen molar-refractivity contribution in [2.45, 2.75) is 13.5 Å². The van der Waals surface area contributed by atoms with Crippen molar-refractivity contribution in [3.63, 3.8) is 0 Å². The minimum atomic E-state index is 0.667. The molecule has 4 heteroatoms. The Hall–Kier alpha value is -1.97. The molecule has 0 atom stereocenters. The maximum atomic E-state index is 4.38. The van der Waals surface area contributed by atoms with Crippen molar-refractivity contribution in [2.75, 3.05) is 5.32 Å². The number of aryl methyl sites for hydroxylation is 1. The summed E-state index contributed by atoms with van der Waals surface area (Å²) in [6.45, 7) is 2.65. The highest BCUT2D eigenvalue weighted by atomic mass is 15.0. The van der Waals surface area contributed by atoms with Gasteiger partial charge in [-0.15, -0.1) is 0 Å². The van der Waals surface area contributed by atoms with Gasteiger partial charge in [0.05, 0.1) is 18.4 Å². The summed E-state index contributed by atoms with van der Waals surface area (Å²) in [4.78, 5) is 12.5. The summed E-state index contributed by atoms with van der Waals surface area (Å²) >= 11 is 0. The molecule has 2 aromatic rings. The van der Waals surface area contributed by atoms with Crippen molar-refractivity contribution in [1.29, 1.82) is 0 Å². The molecule has 0 amide bonds. The van der Waals surface area contributed by atoms with Gasteiger partial charge in [0.2, 0.25) is 0 Å². The molecule has 1 N–H and O–H groups in total. The SMILES string of the molecule is Cc1cccc(CNc2cnccn2)n1. The fourth-order valence-corrected chi connectivity index (χ4v) is 1.27. The molecule has 0 radical (unpaired) electrons. The fourth-order valence-electron chi connectivity index (χ4n) is 1.27. The van der Waals surface area contributed by atoms with E-state index < -0.39 is 0 Å². The normalized spacial score (nSPS) is 9.93. The highest BCUT2D eigenvalue weighted by Crippen LogP contribution is 2.02. The molecule has 0 aliphatic rings. The molecule has 2 rings (SSSR count). The zero-order valence-corrected chi connectivity index (χ0v) is 8.51. The van der Waals surface area contributed by atoms with Crippen LogP contribution in [-0.2, 0) is 6.54 Å². The van der Waals surface area contributed by atoms with Gasteiger partial charge in [-0.2, -0.15) is 0 Å². The molecule has 2 heterocycles. The van der Waals surface area contributed by atoms with Crippen LogP contribution in [0.5, 0.6) is 0 Å². The van der Waals surface area contributed by atoms with Crippen molar-refractivity contribution in [1.82, 2.24) is 15.0 Å². The summed E-state index contributed by atoms with van der Waals surface area (Å²) in [5.74, 6) is 0.765. The molecule has 0 bridgehead atoms. The summed E-state index contributed by atoms with van der Waals surface area (Å²) in [7, 11) is 0. The van der Waals surface area contributed by atoms with E-state index in [1.165, 1.54) is 0 Å². The number of anilines is 1. The zero-order chi connectivity index (χ0) is 10.5. The Balaban J connectivity index is 1.99. The van der Waals surface area contributed by atoms with Gasteiger partial charge in [-0.1, -0.05) is 6.07 Å². The van der Waals surface area contributed by atoms with Gasteiger partial charge in [-0.3, -0.25) is 9.97 Å². The topological polar surface area (TPSA) is 50.7 Å². The highest BCUT2D eigenvalue weighted by molar-refractivity contribution is 5.30. The summed E-state index contributed by atoms with van der Waals surface area (Å²) in [6, 6.07) is 5.96. The van der Waals surface area contributed by atoms with Crippen molar-refractivity contribution >= 4 is 5.82 Å². The first-order valence-corrected chi connectivity index (χ1v) is 4.77. The Labute approximate surface area is 88.4 Å². The first-order chi connectivity index (χ1) is 7.34. The van der Waals surface area contributed by atoms with Gasteiger partial charge in [-0.05, 0) is 19.1 Å². The van der Waals surface area contributed by atoms with Crippen molar-refractivity contribution in [3.8, 4) is 0 Å². The predicted molar refractivity (Wildman–Crippen MR) is 58.3 cm³/mol. The third-order valence-electron chi connectivity index (χ3n) is 1.96. The van der Waals surface area contributed by atoms with Crippen LogP contribution in [0, 0.1) is 6.92 Å². The van der Waals surface area contributed by atoms with Gasteiger partial charge in [0.1, 0.15) is 5.82 Å². The lowest BCUT2D eigenvalue weighted by molar-refractivity contribution is 0.998. The van der Waals surface area contributed by atoms with Gasteiger partial charge in [0.15, 0.2) is 0 Å². The van der Waals surface area contributed by atoms with Gasteiger partial charge in [0, 0.05) is 18.1 Å². The number of hydrogen-bond donors (Lipinski definition) is 1. The molecule has 0 unspecified atom stereocenters. The van der Waals surface area contributed by atoms with Crippen LogP contribution < -0.4 is 5.32 Å². The minimum absolute atomic E-state index is 0.667. The largest absolute Gasteiger partial charge is 0.363 e. The lowest BCUT2D eigenvalue weighted by Crippen LogP contribution is -2.03. The molecule has 0 spiro atoms. The van der Waals surface area contributed by atoms with E-state index in [1.807, 2.05) is 25.1 Å². The van der Waals surface area contributed by atoms with Crippen LogP contribution in [0.3, 0.4) is 0 Å². The Morgan fingerprint density at radius 3 is 2.93 bits per heavy atom. The number of nitrogens with one attached hydrogen (secondary N) is 1. The highest BCUT2D eigenvalue weighted by Gasteiger charge is 1.95. The van der Waals surface area contributed by atoms with E-state index >= 15 is 0 Å². The molecule has 2 aromatic heterocycles. The van der Waals surface area contributed by atoms with E-state index in [2.05, 4.69) is 20.3 Å². The minimum Gasteiger partial charge on any atom is -0.363 e. The van der Waals surface area contributed by atoms with Crippen LogP contribution in [0.2, 0.25) is 0 Å². The standard InChI is InChI=1S/C11H12N4/c1-9-3-2-4-10(15-9)7-14-11-8-12-5-6-13-11/h2-6,8H,7H2,1H3,(H,13,14). The summed E-state index contributed by atoms with van der Waals surface area (Å²) < 4.78 is 0. The first kappa shape index (κ1) is 9.58. The smallest absolute Gasteiger partial charge is 0.144 e. The van der Waals surface area contributed by atoms with Gasteiger partial charge >= 0.3 is 0 Å². The molecule has 0 saturated heterocycles. The fraction of sp³-hybridized carbons (Fsp3) is 0.182. The zero-order valence-electron chi connectivity index (χ0n) is 8.51. The molecule has 0 aliphatic heterocycles. The second-order valence-electron chi connectivity index (χ2n) is 3.21. The van der Waals surface area contributed by atoms with Crippen molar-refractivity contribution in [2.24, 2.45) is 0 Å². The number of aromatic nitrogens is 3. The molecule has 76 valence electrons. The molecule has 0 aliphatic carbocycles. The van der Waals surface area contributed by atoms with E-state index in [0.29, 0.717) is 6.54 Å². The van der Waals surface area contributed by atoms with Crippen LogP contribution in [-0.4, -0.2) is 15.0 Å². The van der Waals surface area contributed by atoms with Crippen LogP contribution in [0.25, 0.3) is 0 Å². The van der Waals surface area contributed by atoms with Gasteiger partial charge in [-0.25, -0.2) is 4.98 Å². The Bertz CT molecular complexity index is 428. The van der Waals surface area contributed by atoms with E-state index in [9.17, 15) is 0 Å². The molecular formula is C11H12N4. The third kappa shape index (κ3) is 2.74. The van der Waals surface area contributed by atoms with Crippen LogP contribution >= 0.6 is 0 Å². The van der Waals surface area contributed by atoms with Crippen LogP contribution in [0.15, 0.2) is 36.8 Å². The molecule has 0 saturated carbocycles. The van der Waals surface area contributed by atoms with Crippen LogP contribution in [0.1, 0.15) is 11.4 Å². The Morgan fingerprint density at radius 2 is 2.20 bits per heavy atom. The number of rotatable bonds is 3. The van der Waals surface area contributed by atoms with E-state index in [1.54, 1.807) is 18.6 Å². The third-order valence-corrected chi connectivity index (χ3v) is 1.96. The quantitative estimate of drug-likeness (QED) is 0.820. The van der Waals surface area contributed by atoms with Crippen LogP contribution in [0.4, 0.5) is 5.82 Å². The molecule has 4 nitrogen and oxygen atoms in total. The lowest BCUT2D eigenvalue weighted by Gasteiger charge is -2.04. The molecule has 0 aromatic carbocycles. The van der Waals surface area contributed by atoms with Crippen molar-refractivity contribution < 1.29 is 0 Å². The van der Waals surface area contributed by atoms with Crippen molar-refractivity contribution in [3.05, 3.63) is 48.2 Å². The molecule has 15 heavy (non-hydrogen) atoms. The Kier molecular flexibility index (Phi) is 2.88. The van der Waals surface area contributed by atoms with E-state index in [0.717, 1.165) is 17.2 Å². The lowest BCUT2D eigenvalue weighted by atomic mass is 10.3. The second-order valence-corrected chi connectivity index (χ2v) is 3.21.